The first-order valence-electron chi connectivity index (χ1n) is 9.44. The number of aliphatic hydroxyl groups is 1. The molecule has 30 heavy (non-hydrogen) atoms. The topological polar surface area (TPSA) is 78.8 Å². The summed E-state index contributed by atoms with van der Waals surface area (Å²) in [5.41, 5.74) is 3.20. The van der Waals surface area contributed by atoms with Gasteiger partial charge in [-0.25, -0.2) is 8.42 Å². The Morgan fingerprint density at radius 2 is 2.00 bits per heavy atom. The third kappa shape index (κ3) is 5.60. The second-order valence-corrected chi connectivity index (χ2v) is 10.2. The maximum absolute atomic E-state index is 11.4. The zero-order valence-corrected chi connectivity index (χ0v) is 19.8. The highest BCUT2D eigenvalue weighted by Crippen LogP contribution is 2.39. The Morgan fingerprint density at radius 1 is 1.33 bits per heavy atom. The van der Waals surface area contributed by atoms with E-state index < -0.39 is 15.4 Å². The minimum atomic E-state index is -3.37. The van der Waals surface area contributed by atoms with E-state index >= 15 is 0 Å². The molecule has 0 unspecified atom stereocenters. The van der Waals surface area contributed by atoms with Crippen LogP contribution in [0, 0.1) is 5.41 Å². The van der Waals surface area contributed by atoms with Crippen molar-refractivity contribution in [3.8, 4) is 10.4 Å². The molecule has 0 radical (unpaired) electrons. The van der Waals surface area contributed by atoms with Gasteiger partial charge in [0.1, 0.15) is 0 Å². The molecule has 2 aromatic rings. The van der Waals surface area contributed by atoms with E-state index in [-0.39, 0.29) is 6.61 Å². The van der Waals surface area contributed by atoms with Crippen molar-refractivity contribution in [1.82, 2.24) is 0 Å². The van der Waals surface area contributed by atoms with E-state index in [9.17, 15) is 13.5 Å². The molecule has 0 aliphatic heterocycles. The first-order chi connectivity index (χ1) is 14.1. The van der Waals surface area contributed by atoms with Crippen LogP contribution >= 0.6 is 22.9 Å². The monoisotopic (exact) mass is 466 g/mol. The Bertz CT molecular complexity index is 1060. The standard InChI is InChI=1S/C22H27ClN2O3S2/c1-6-22(7-2,14-26)21(24-4)10-15(3)16-11-20(29-13-16)18-9-8-17(12-19(18)23)25-30(5,27)28/h8-13,25-26H,3-4,6-7,14H2,1-2,5H3/b21-10-. The summed E-state index contributed by atoms with van der Waals surface area (Å²) in [7, 11) is -3.37. The van der Waals surface area contributed by atoms with Gasteiger partial charge in [-0.15, -0.1) is 11.3 Å². The minimum Gasteiger partial charge on any atom is -0.395 e. The number of aliphatic hydroxyl groups excluding tert-OH is 1. The number of nitrogens with zero attached hydrogens (tertiary/aromatic N) is 1. The lowest BCUT2D eigenvalue weighted by Crippen LogP contribution is -2.25. The van der Waals surface area contributed by atoms with Crippen molar-refractivity contribution in [3.63, 3.8) is 0 Å². The van der Waals surface area contributed by atoms with Gasteiger partial charge < -0.3 is 5.11 Å². The van der Waals surface area contributed by atoms with Gasteiger partial charge in [0, 0.05) is 27.2 Å². The Kier molecular flexibility index (Phi) is 8.05. The molecule has 2 rings (SSSR count). The van der Waals surface area contributed by atoms with E-state index in [1.807, 2.05) is 31.4 Å². The van der Waals surface area contributed by atoms with Gasteiger partial charge in [0.15, 0.2) is 0 Å². The molecule has 1 aromatic heterocycles. The van der Waals surface area contributed by atoms with E-state index in [1.165, 1.54) is 11.3 Å². The number of thiophene rings is 1. The second kappa shape index (κ2) is 9.92. The number of halogens is 1. The van der Waals surface area contributed by atoms with Gasteiger partial charge in [-0.3, -0.25) is 9.71 Å². The number of benzene rings is 1. The molecule has 1 aromatic carbocycles. The molecule has 8 heteroatoms. The van der Waals surface area contributed by atoms with Crippen LogP contribution in [-0.2, 0) is 10.0 Å². The number of anilines is 1. The SMILES string of the molecule is C=N/C(=C\C(=C)c1csc(-c2ccc(NS(C)(=O)=O)cc2Cl)c1)C(CC)(CC)CO. The van der Waals surface area contributed by atoms with Gasteiger partial charge in [0.05, 0.1) is 17.9 Å². The number of hydrogen-bond donors (Lipinski definition) is 2. The molecular weight excluding hydrogens is 440 g/mol. The molecule has 0 fully saturated rings. The number of aliphatic imine (C=N–C) groups is 1. The number of allylic oxidation sites excluding steroid dienone is 2. The van der Waals surface area contributed by atoms with Crippen LogP contribution in [0.2, 0.25) is 5.02 Å². The van der Waals surface area contributed by atoms with E-state index in [4.69, 9.17) is 11.6 Å². The van der Waals surface area contributed by atoms with E-state index in [1.54, 1.807) is 18.2 Å². The molecule has 5 nitrogen and oxygen atoms in total. The summed E-state index contributed by atoms with van der Waals surface area (Å²) < 4.78 is 25.2. The first-order valence-corrected chi connectivity index (χ1v) is 12.6. The van der Waals surface area contributed by atoms with Gasteiger partial charge in [0.25, 0.3) is 0 Å². The van der Waals surface area contributed by atoms with Gasteiger partial charge in [-0.05, 0) is 66.4 Å². The van der Waals surface area contributed by atoms with Crippen molar-refractivity contribution in [2.24, 2.45) is 10.4 Å². The average molecular weight is 467 g/mol. The lowest BCUT2D eigenvalue weighted by molar-refractivity contribution is 0.148. The molecule has 162 valence electrons. The van der Waals surface area contributed by atoms with Crippen LogP contribution in [0.1, 0.15) is 32.3 Å². The summed E-state index contributed by atoms with van der Waals surface area (Å²) in [4.78, 5) is 5.11. The second-order valence-electron chi connectivity index (χ2n) is 7.13. The summed E-state index contributed by atoms with van der Waals surface area (Å²) in [6.45, 7) is 11.9. The minimum absolute atomic E-state index is 0.00348. The van der Waals surface area contributed by atoms with Crippen LogP contribution in [0.15, 0.2) is 53.0 Å². The summed E-state index contributed by atoms with van der Waals surface area (Å²) in [5, 5.41) is 12.3. The van der Waals surface area contributed by atoms with Crippen molar-refractivity contribution in [1.29, 1.82) is 0 Å². The zero-order chi connectivity index (χ0) is 22.5. The molecule has 0 bridgehead atoms. The Hall–Kier alpha value is -1.93. The fourth-order valence-corrected chi connectivity index (χ4v) is 5.04. The van der Waals surface area contributed by atoms with Crippen LogP contribution in [0.3, 0.4) is 0 Å². The predicted molar refractivity (Wildman–Crippen MR) is 130 cm³/mol. The predicted octanol–water partition coefficient (Wildman–Crippen LogP) is 5.84. The summed E-state index contributed by atoms with van der Waals surface area (Å²) in [6, 6.07) is 7.03. The lowest BCUT2D eigenvalue weighted by Gasteiger charge is -2.30. The number of hydrogen-bond acceptors (Lipinski definition) is 5. The molecule has 0 atom stereocenters. The normalized spacial score (nSPS) is 12.6. The fourth-order valence-electron chi connectivity index (χ4n) is 3.17. The Labute approximate surface area is 187 Å². The fraction of sp³-hybridized carbons (Fsp3) is 0.318. The summed E-state index contributed by atoms with van der Waals surface area (Å²) in [5.74, 6) is 0. The van der Waals surface area contributed by atoms with Crippen LogP contribution in [-0.4, -0.2) is 33.1 Å². The highest BCUT2D eigenvalue weighted by atomic mass is 35.5. The third-order valence-corrected chi connectivity index (χ3v) is 7.07. The van der Waals surface area contributed by atoms with Crippen LogP contribution < -0.4 is 4.72 Å². The molecule has 0 amide bonds. The molecule has 0 saturated heterocycles. The molecule has 0 aliphatic rings. The van der Waals surface area contributed by atoms with Gasteiger partial charge in [-0.2, -0.15) is 0 Å². The van der Waals surface area contributed by atoms with Crippen molar-refractivity contribution >= 4 is 50.9 Å². The first kappa shape index (κ1) is 24.3. The van der Waals surface area contributed by atoms with Crippen molar-refractivity contribution < 1.29 is 13.5 Å². The average Bonchev–Trinajstić information content (AvgIpc) is 3.17. The van der Waals surface area contributed by atoms with E-state index in [0.717, 1.165) is 46.4 Å². The molecule has 0 spiro atoms. The maximum atomic E-state index is 11.4. The molecule has 0 saturated carbocycles. The number of rotatable bonds is 10. The van der Waals surface area contributed by atoms with Crippen LogP contribution in [0.5, 0.6) is 0 Å². The van der Waals surface area contributed by atoms with Gasteiger partial charge in [-0.1, -0.05) is 32.0 Å². The highest BCUT2D eigenvalue weighted by molar-refractivity contribution is 7.92. The third-order valence-electron chi connectivity index (χ3n) is 5.19. The zero-order valence-electron chi connectivity index (χ0n) is 17.4. The Balaban J connectivity index is 2.34. The van der Waals surface area contributed by atoms with E-state index in [2.05, 4.69) is 23.0 Å². The molecule has 0 aliphatic carbocycles. The van der Waals surface area contributed by atoms with Crippen molar-refractivity contribution in [2.45, 2.75) is 26.7 Å². The quantitative estimate of drug-likeness (QED) is 0.341. The molecular formula is C22H27ClN2O3S2. The summed E-state index contributed by atoms with van der Waals surface area (Å²) in [6.07, 6.45) is 4.46. The van der Waals surface area contributed by atoms with E-state index in [0.29, 0.717) is 10.7 Å². The highest BCUT2D eigenvalue weighted by Gasteiger charge is 2.30. The van der Waals surface area contributed by atoms with Crippen molar-refractivity contribution in [3.05, 3.63) is 58.6 Å². The van der Waals surface area contributed by atoms with Crippen molar-refractivity contribution in [2.75, 3.05) is 17.6 Å². The van der Waals surface area contributed by atoms with Gasteiger partial charge in [0.2, 0.25) is 10.0 Å². The maximum Gasteiger partial charge on any atom is 0.229 e. The lowest BCUT2D eigenvalue weighted by atomic mass is 9.79. The van der Waals surface area contributed by atoms with Gasteiger partial charge >= 0.3 is 0 Å². The molecule has 2 N–H and O–H groups in total. The van der Waals surface area contributed by atoms with Crippen LogP contribution in [0.4, 0.5) is 5.69 Å². The van der Waals surface area contributed by atoms with Crippen LogP contribution in [0.25, 0.3) is 16.0 Å². The summed E-state index contributed by atoms with van der Waals surface area (Å²) >= 11 is 7.91. The smallest absolute Gasteiger partial charge is 0.229 e. The molecule has 1 heterocycles. The Morgan fingerprint density at radius 3 is 2.50 bits per heavy atom. The largest absolute Gasteiger partial charge is 0.395 e. The number of sulfonamides is 1. The number of nitrogens with one attached hydrogen (secondary N) is 1.